The number of ether oxygens (including phenoxy) is 1. The van der Waals surface area contributed by atoms with Crippen LogP contribution in [0.1, 0.15) is 33.1 Å². The summed E-state index contributed by atoms with van der Waals surface area (Å²) < 4.78 is 5.86. The van der Waals surface area contributed by atoms with Crippen LogP contribution < -0.4 is 0 Å². The molecule has 1 saturated heterocycles. The van der Waals surface area contributed by atoms with E-state index in [4.69, 9.17) is 4.74 Å². The van der Waals surface area contributed by atoms with Crippen molar-refractivity contribution in [1.82, 2.24) is 0 Å². The fraction of sp³-hybridized carbons (Fsp3) is 0.900. The largest absolute Gasteiger partial charge is 0.463 e. The van der Waals surface area contributed by atoms with Crippen molar-refractivity contribution in [3.05, 3.63) is 0 Å². The lowest BCUT2D eigenvalue weighted by Gasteiger charge is -2.23. The highest BCUT2D eigenvalue weighted by Gasteiger charge is 2.19. The minimum atomic E-state index is -0.0803. The molecule has 0 bridgehead atoms. The van der Waals surface area contributed by atoms with Gasteiger partial charge in [-0.3, -0.25) is 4.79 Å². The zero-order chi connectivity index (χ0) is 10.4. The van der Waals surface area contributed by atoms with Crippen LogP contribution in [0, 0.1) is 0 Å². The molecule has 0 spiro atoms. The summed E-state index contributed by atoms with van der Waals surface area (Å²) in [5.41, 5.74) is 0. The first-order valence-corrected chi connectivity index (χ1v) is 7.24. The van der Waals surface area contributed by atoms with Crippen LogP contribution in [0.15, 0.2) is 0 Å². The maximum Gasteiger partial charge on any atom is 0.305 e. The minimum Gasteiger partial charge on any atom is -0.463 e. The Balaban J connectivity index is 2.18. The molecule has 0 unspecified atom stereocenters. The Bertz CT molecular complexity index is 179. The van der Waals surface area contributed by atoms with E-state index in [0.29, 0.717) is 11.0 Å². The summed E-state index contributed by atoms with van der Waals surface area (Å²) in [6.45, 7) is 3.82. The molecule has 0 saturated carbocycles. The van der Waals surface area contributed by atoms with Gasteiger partial charge in [0.2, 0.25) is 0 Å². The average molecular weight is 234 g/mol. The Morgan fingerprint density at radius 3 is 2.71 bits per heavy atom. The summed E-state index contributed by atoms with van der Waals surface area (Å²) in [4.78, 5) is 11.0. The molecule has 0 N–H and O–H groups in total. The van der Waals surface area contributed by atoms with Crippen molar-refractivity contribution in [1.29, 1.82) is 0 Å². The monoisotopic (exact) mass is 234 g/mol. The first kappa shape index (κ1) is 12.2. The van der Waals surface area contributed by atoms with E-state index < -0.39 is 0 Å². The van der Waals surface area contributed by atoms with E-state index in [9.17, 15) is 4.79 Å². The van der Waals surface area contributed by atoms with Crippen LogP contribution in [-0.4, -0.2) is 28.2 Å². The Morgan fingerprint density at radius 1 is 1.50 bits per heavy atom. The van der Waals surface area contributed by atoms with E-state index in [1.165, 1.54) is 17.9 Å². The second-order valence-corrected chi connectivity index (χ2v) is 6.33. The molecule has 1 atom stereocenters. The van der Waals surface area contributed by atoms with Crippen LogP contribution in [0.2, 0.25) is 0 Å². The highest BCUT2D eigenvalue weighted by molar-refractivity contribution is 8.17. The lowest BCUT2D eigenvalue weighted by atomic mass is 10.3. The summed E-state index contributed by atoms with van der Waals surface area (Å²) in [6.07, 6.45) is 2.86. The minimum absolute atomic E-state index is 0.0746. The van der Waals surface area contributed by atoms with Crippen molar-refractivity contribution < 1.29 is 9.53 Å². The summed E-state index contributed by atoms with van der Waals surface area (Å²) >= 11 is 4.00. The number of carbonyl (C=O) groups is 1. The molecule has 1 rings (SSSR count). The van der Waals surface area contributed by atoms with Gasteiger partial charge in [-0.2, -0.15) is 0 Å². The zero-order valence-electron chi connectivity index (χ0n) is 8.82. The standard InChI is InChI=1S/C10H18O2S2/c1-3-9(11)12-8(2)7-10-13-5-4-6-14-10/h8,10H,3-7H2,1-2H3/t8-/m1/s1. The predicted octanol–water partition coefficient (Wildman–Crippen LogP) is 2.91. The van der Waals surface area contributed by atoms with E-state index >= 15 is 0 Å². The van der Waals surface area contributed by atoms with Crippen molar-refractivity contribution in [3.8, 4) is 0 Å². The van der Waals surface area contributed by atoms with Gasteiger partial charge in [0, 0.05) is 12.8 Å². The number of esters is 1. The van der Waals surface area contributed by atoms with E-state index in [1.807, 2.05) is 37.4 Å². The van der Waals surface area contributed by atoms with Gasteiger partial charge in [0.15, 0.2) is 0 Å². The number of hydrogen-bond donors (Lipinski definition) is 0. The third-order valence-corrected chi connectivity index (χ3v) is 5.04. The Kier molecular flexibility index (Phi) is 5.78. The molecule has 0 aromatic carbocycles. The molecule has 2 nitrogen and oxygen atoms in total. The van der Waals surface area contributed by atoms with Crippen molar-refractivity contribution in [2.75, 3.05) is 11.5 Å². The van der Waals surface area contributed by atoms with Crippen LogP contribution in [0.5, 0.6) is 0 Å². The summed E-state index contributed by atoms with van der Waals surface area (Å²) in [5.74, 6) is 2.43. The molecule has 82 valence electrons. The number of hydrogen-bond acceptors (Lipinski definition) is 4. The molecule has 1 aliphatic rings. The summed E-state index contributed by atoms with van der Waals surface area (Å²) in [6, 6.07) is 0. The molecular weight excluding hydrogens is 216 g/mol. The lowest BCUT2D eigenvalue weighted by molar-refractivity contribution is -0.147. The van der Waals surface area contributed by atoms with Gasteiger partial charge in [0.1, 0.15) is 6.10 Å². The highest BCUT2D eigenvalue weighted by atomic mass is 32.2. The molecule has 0 aromatic rings. The quantitative estimate of drug-likeness (QED) is 0.699. The third-order valence-electron chi connectivity index (χ3n) is 2.04. The van der Waals surface area contributed by atoms with Gasteiger partial charge in [-0.05, 0) is 24.9 Å². The maximum atomic E-state index is 11.0. The fourth-order valence-corrected chi connectivity index (χ4v) is 4.41. The Labute approximate surface area is 94.5 Å². The van der Waals surface area contributed by atoms with Crippen molar-refractivity contribution in [2.24, 2.45) is 0 Å². The van der Waals surface area contributed by atoms with Crippen LogP contribution in [0.3, 0.4) is 0 Å². The third kappa shape index (κ3) is 4.60. The second-order valence-electron chi connectivity index (χ2n) is 3.41. The first-order valence-electron chi connectivity index (χ1n) is 5.15. The molecule has 0 aliphatic carbocycles. The Morgan fingerprint density at radius 2 is 2.14 bits per heavy atom. The van der Waals surface area contributed by atoms with Crippen LogP contribution in [-0.2, 0) is 9.53 Å². The van der Waals surface area contributed by atoms with Gasteiger partial charge < -0.3 is 4.74 Å². The van der Waals surface area contributed by atoms with E-state index in [1.54, 1.807) is 0 Å². The number of rotatable bonds is 4. The normalized spacial score (nSPS) is 20.4. The molecule has 14 heavy (non-hydrogen) atoms. The van der Waals surface area contributed by atoms with Gasteiger partial charge in [0.25, 0.3) is 0 Å². The maximum absolute atomic E-state index is 11.0. The van der Waals surface area contributed by atoms with Gasteiger partial charge in [-0.1, -0.05) is 6.92 Å². The molecule has 1 fully saturated rings. The number of carbonyl (C=O) groups excluding carboxylic acids is 1. The molecule has 0 radical (unpaired) electrons. The van der Waals surface area contributed by atoms with Gasteiger partial charge in [-0.15, -0.1) is 23.5 Å². The fourth-order valence-electron chi connectivity index (χ4n) is 1.30. The zero-order valence-corrected chi connectivity index (χ0v) is 10.5. The lowest BCUT2D eigenvalue weighted by Crippen LogP contribution is -2.19. The molecule has 4 heteroatoms. The van der Waals surface area contributed by atoms with E-state index in [2.05, 4.69) is 0 Å². The molecular formula is C10H18O2S2. The highest BCUT2D eigenvalue weighted by Crippen LogP contribution is 2.34. The first-order chi connectivity index (χ1) is 6.72. The number of thioether (sulfide) groups is 2. The van der Waals surface area contributed by atoms with Gasteiger partial charge >= 0.3 is 5.97 Å². The molecule has 0 amide bonds. The smallest absolute Gasteiger partial charge is 0.305 e. The molecule has 0 aromatic heterocycles. The van der Waals surface area contributed by atoms with E-state index in [-0.39, 0.29) is 12.1 Å². The summed E-state index contributed by atoms with van der Waals surface area (Å²) in [5, 5.41) is 0. The average Bonchev–Trinajstić information content (AvgIpc) is 2.19. The summed E-state index contributed by atoms with van der Waals surface area (Å²) in [7, 11) is 0. The molecule has 1 aliphatic heterocycles. The molecule has 1 heterocycles. The van der Waals surface area contributed by atoms with Crippen LogP contribution >= 0.6 is 23.5 Å². The van der Waals surface area contributed by atoms with Crippen molar-refractivity contribution in [2.45, 2.75) is 43.8 Å². The van der Waals surface area contributed by atoms with Crippen LogP contribution in [0.4, 0.5) is 0 Å². The van der Waals surface area contributed by atoms with E-state index in [0.717, 1.165) is 6.42 Å². The van der Waals surface area contributed by atoms with Gasteiger partial charge in [0.05, 0.1) is 4.58 Å². The van der Waals surface area contributed by atoms with Crippen molar-refractivity contribution in [3.63, 3.8) is 0 Å². The second kappa shape index (κ2) is 6.62. The van der Waals surface area contributed by atoms with Gasteiger partial charge in [-0.25, -0.2) is 0 Å². The van der Waals surface area contributed by atoms with Crippen molar-refractivity contribution >= 4 is 29.5 Å². The Hall–Kier alpha value is 0.170. The van der Waals surface area contributed by atoms with Crippen LogP contribution in [0.25, 0.3) is 0 Å². The SMILES string of the molecule is CCC(=O)O[C@H](C)CC1SCCCS1. The predicted molar refractivity (Wildman–Crippen MR) is 63.8 cm³/mol. The topological polar surface area (TPSA) is 26.3 Å².